The summed E-state index contributed by atoms with van der Waals surface area (Å²) in [5.41, 5.74) is 8.85. The van der Waals surface area contributed by atoms with Gasteiger partial charge in [0.1, 0.15) is 23.7 Å². The molecule has 0 radical (unpaired) electrons. The molecule has 0 unspecified atom stereocenters. The summed E-state index contributed by atoms with van der Waals surface area (Å²) in [6.07, 6.45) is 3.21. The third kappa shape index (κ3) is 4.11. The number of ether oxygens (including phenoxy) is 3. The number of rotatable bonds is 4. The Bertz CT molecular complexity index is 1070. The largest absolute Gasteiger partial charge is 0.443 e. The van der Waals surface area contributed by atoms with Gasteiger partial charge in [0.2, 0.25) is 0 Å². The first-order valence-corrected chi connectivity index (χ1v) is 10.7. The lowest BCUT2D eigenvalue weighted by atomic mass is 10.1. The minimum absolute atomic E-state index is 0.0332. The monoisotopic (exact) mass is 443 g/mol. The fourth-order valence-corrected chi connectivity index (χ4v) is 4.56. The number of amides is 1. The highest BCUT2D eigenvalue weighted by molar-refractivity contribution is 5.97. The van der Waals surface area contributed by atoms with E-state index < -0.39 is 17.5 Å². The average molecular weight is 444 g/mol. The van der Waals surface area contributed by atoms with Crippen LogP contribution in [0.3, 0.4) is 0 Å². The van der Waals surface area contributed by atoms with Crippen molar-refractivity contribution in [3.63, 3.8) is 0 Å². The molecule has 1 aliphatic heterocycles. The Morgan fingerprint density at radius 2 is 2.09 bits per heavy atom. The average Bonchev–Trinajstić information content (AvgIpc) is 3.35. The molecule has 0 aromatic carbocycles. The summed E-state index contributed by atoms with van der Waals surface area (Å²) >= 11 is 0. The highest BCUT2D eigenvalue weighted by Gasteiger charge is 2.54. The fraction of sp³-hybridized carbons (Fsp3) is 0.667. The fourth-order valence-electron chi connectivity index (χ4n) is 4.56. The van der Waals surface area contributed by atoms with Crippen LogP contribution < -0.4 is 4.90 Å². The van der Waals surface area contributed by atoms with Crippen LogP contribution in [0.15, 0.2) is 23.7 Å². The van der Waals surface area contributed by atoms with Crippen LogP contribution in [0, 0.1) is 5.92 Å². The predicted octanol–water partition coefficient (Wildman–Crippen LogP) is 4.19. The molecule has 32 heavy (non-hydrogen) atoms. The molecule has 1 saturated carbocycles. The highest BCUT2D eigenvalue weighted by Crippen LogP contribution is 2.48. The number of aromatic nitrogens is 3. The smallest absolute Gasteiger partial charge is 0.415 e. The molecule has 0 N–H and O–H groups in total. The van der Waals surface area contributed by atoms with Crippen LogP contribution in [0.1, 0.15) is 47.1 Å². The Morgan fingerprint density at radius 1 is 1.38 bits per heavy atom. The zero-order valence-electron chi connectivity index (χ0n) is 19.2. The normalized spacial score (nSPS) is 26.6. The molecule has 2 fully saturated rings. The first kappa shape index (κ1) is 22.3. The molecule has 0 bridgehead atoms. The van der Waals surface area contributed by atoms with Crippen LogP contribution >= 0.6 is 0 Å². The van der Waals surface area contributed by atoms with E-state index in [0.717, 1.165) is 11.8 Å². The molecule has 3 heterocycles. The molecule has 1 aliphatic carbocycles. The molecule has 0 spiro atoms. The van der Waals surface area contributed by atoms with Crippen molar-refractivity contribution < 1.29 is 19.0 Å². The maximum atomic E-state index is 12.6. The van der Waals surface area contributed by atoms with E-state index in [9.17, 15) is 4.79 Å². The minimum Gasteiger partial charge on any atom is -0.443 e. The second-order valence-corrected chi connectivity index (χ2v) is 9.74. The van der Waals surface area contributed by atoms with Gasteiger partial charge >= 0.3 is 6.09 Å². The number of carbonyl (C=O) groups excluding carboxylic acids is 1. The van der Waals surface area contributed by atoms with Gasteiger partial charge < -0.3 is 18.8 Å². The lowest BCUT2D eigenvalue weighted by molar-refractivity contribution is -0.159. The molecular formula is C21H29N7O4. The number of azide groups is 1. The van der Waals surface area contributed by atoms with E-state index in [2.05, 4.69) is 20.0 Å². The van der Waals surface area contributed by atoms with Gasteiger partial charge in [-0.05, 0) is 58.6 Å². The Morgan fingerprint density at radius 3 is 2.78 bits per heavy atom. The lowest BCUT2D eigenvalue weighted by Gasteiger charge is -2.25. The van der Waals surface area contributed by atoms with Crippen molar-refractivity contribution in [1.82, 2.24) is 14.5 Å². The van der Waals surface area contributed by atoms with Gasteiger partial charge in [-0.3, -0.25) is 4.90 Å². The zero-order valence-corrected chi connectivity index (χ0v) is 19.2. The topological polar surface area (TPSA) is 127 Å². The number of fused-ring (bicyclic) bond motifs is 2. The summed E-state index contributed by atoms with van der Waals surface area (Å²) in [5.74, 6) is -0.221. The molecule has 2 aliphatic rings. The predicted molar refractivity (Wildman–Crippen MR) is 117 cm³/mol. The van der Waals surface area contributed by atoms with E-state index in [1.165, 1.54) is 11.2 Å². The van der Waals surface area contributed by atoms with Crippen LogP contribution in [0.2, 0.25) is 0 Å². The van der Waals surface area contributed by atoms with Gasteiger partial charge in [0.15, 0.2) is 11.6 Å². The highest BCUT2D eigenvalue weighted by atomic mass is 16.8. The summed E-state index contributed by atoms with van der Waals surface area (Å²) in [7, 11) is 1.63. The molecule has 1 saturated heterocycles. The third-order valence-corrected chi connectivity index (χ3v) is 5.76. The van der Waals surface area contributed by atoms with Crippen molar-refractivity contribution >= 4 is 22.9 Å². The maximum absolute atomic E-state index is 12.6. The first-order chi connectivity index (χ1) is 15.0. The molecular weight excluding hydrogens is 414 g/mol. The van der Waals surface area contributed by atoms with Crippen molar-refractivity contribution in [3.8, 4) is 0 Å². The number of hydrogen-bond acceptors (Lipinski definition) is 7. The van der Waals surface area contributed by atoms with Gasteiger partial charge in [0.25, 0.3) is 0 Å². The van der Waals surface area contributed by atoms with Crippen molar-refractivity contribution in [3.05, 3.63) is 29.0 Å². The van der Waals surface area contributed by atoms with Crippen LogP contribution in [0.5, 0.6) is 0 Å². The number of anilines is 1. The Balaban J connectivity index is 1.68. The van der Waals surface area contributed by atoms with E-state index in [0.29, 0.717) is 18.0 Å². The van der Waals surface area contributed by atoms with Crippen LogP contribution in [0.4, 0.5) is 10.6 Å². The van der Waals surface area contributed by atoms with Gasteiger partial charge in [-0.2, -0.15) is 0 Å². The van der Waals surface area contributed by atoms with Gasteiger partial charge in [-0.1, -0.05) is 5.11 Å². The van der Waals surface area contributed by atoms with Gasteiger partial charge in [-0.25, -0.2) is 14.8 Å². The van der Waals surface area contributed by atoms with Crippen LogP contribution in [-0.4, -0.2) is 57.8 Å². The molecule has 11 nitrogen and oxygen atoms in total. The molecule has 4 atom stereocenters. The van der Waals surface area contributed by atoms with E-state index in [-0.39, 0.29) is 24.2 Å². The number of carbonyl (C=O) groups is 1. The molecule has 1 amide bonds. The van der Waals surface area contributed by atoms with E-state index in [1.54, 1.807) is 7.05 Å². The lowest BCUT2D eigenvalue weighted by Crippen LogP contribution is -2.34. The molecule has 11 heteroatoms. The summed E-state index contributed by atoms with van der Waals surface area (Å²) in [6, 6.07) is 1.83. The van der Waals surface area contributed by atoms with Crippen molar-refractivity contribution in [2.45, 2.75) is 70.7 Å². The summed E-state index contributed by atoms with van der Waals surface area (Å²) in [6.45, 7) is 9.57. The van der Waals surface area contributed by atoms with Gasteiger partial charge in [0, 0.05) is 24.7 Å². The number of hydrogen-bond donors (Lipinski definition) is 0. The van der Waals surface area contributed by atoms with E-state index in [4.69, 9.17) is 19.7 Å². The van der Waals surface area contributed by atoms with Crippen LogP contribution in [-0.2, 0) is 14.2 Å². The first-order valence-electron chi connectivity index (χ1n) is 10.7. The molecule has 172 valence electrons. The van der Waals surface area contributed by atoms with Gasteiger partial charge in [-0.15, -0.1) is 0 Å². The second kappa shape index (κ2) is 7.91. The molecule has 2 aromatic rings. The van der Waals surface area contributed by atoms with Gasteiger partial charge in [0.05, 0.1) is 17.5 Å². The Hall–Kier alpha value is -2.88. The van der Waals surface area contributed by atoms with Crippen LogP contribution in [0.25, 0.3) is 21.5 Å². The van der Waals surface area contributed by atoms with Crippen molar-refractivity contribution in [2.24, 2.45) is 11.0 Å². The molecule has 2 aromatic heterocycles. The second-order valence-electron chi connectivity index (χ2n) is 9.74. The zero-order chi connectivity index (χ0) is 23.3. The van der Waals surface area contributed by atoms with E-state index in [1.807, 2.05) is 51.4 Å². The summed E-state index contributed by atoms with van der Waals surface area (Å²) < 4.78 is 19.9. The van der Waals surface area contributed by atoms with E-state index >= 15 is 0 Å². The summed E-state index contributed by atoms with van der Waals surface area (Å²) in [5, 5.41) is 4.51. The maximum Gasteiger partial charge on any atom is 0.415 e. The number of nitrogens with zero attached hydrogens (tertiary/aromatic N) is 7. The summed E-state index contributed by atoms with van der Waals surface area (Å²) in [4.78, 5) is 25.7. The Kier molecular flexibility index (Phi) is 5.52. The standard InChI is InChI=1S/C21H29N7O4/c1-20(2,3)32-19(29)27(6)17-13-7-8-28(18(13)24-11-23-17)14-9-12(10-25-26-22)15-16(14)31-21(4,5)30-15/h7-8,11-12,14-16H,9-10H2,1-6H3/t12-,14-,15-,16+/m1/s1. The minimum atomic E-state index is -0.720. The van der Waals surface area contributed by atoms with Crippen molar-refractivity contribution in [2.75, 3.05) is 18.5 Å². The third-order valence-electron chi connectivity index (χ3n) is 5.76. The Labute approximate surface area is 186 Å². The quantitative estimate of drug-likeness (QED) is 0.396. The molecule has 4 rings (SSSR count). The van der Waals surface area contributed by atoms with Crippen molar-refractivity contribution in [1.29, 1.82) is 0 Å². The SMILES string of the molecule is CN(C(=O)OC(C)(C)C)c1ncnc2c1ccn2[C@@H]1C[C@H](CN=[N+]=[N-])[C@H]2OC(C)(C)O[C@H]21.